The molecule has 0 saturated carbocycles. The molecule has 3 fully saturated rings. The minimum Gasteiger partial charge on any atom is -0.303 e. The lowest BCUT2D eigenvalue weighted by Crippen LogP contribution is -2.43. The highest BCUT2D eigenvalue weighted by Crippen LogP contribution is 2.23. The molecule has 3 aliphatic heterocycles. The fourth-order valence-corrected chi connectivity index (χ4v) is 4.40. The summed E-state index contributed by atoms with van der Waals surface area (Å²) < 4.78 is 0. The van der Waals surface area contributed by atoms with Crippen molar-refractivity contribution in [2.75, 3.05) is 52.4 Å². The van der Waals surface area contributed by atoms with E-state index in [2.05, 4.69) is 21.6 Å². The highest BCUT2D eigenvalue weighted by molar-refractivity contribution is 4.86. The Hall–Kier alpha value is -0.120. The number of hydrogen-bond donors (Lipinski definition) is 0. The first-order valence-corrected chi connectivity index (χ1v) is 8.54. The van der Waals surface area contributed by atoms with Crippen molar-refractivity contribution >= 4 is 0 Å². The molecule has 0 amide bonds. The molecular weight excluding hydrogens is 234 g/mol. The van der Waals surface area contributed by atoms with Crippen LogP contribution in [-0.4, -0.2) is 73.1 Å². The largest absolute Gasteiger partial charge is 0.303 e. The standard InChI is InChI=1S/C16H31N3/c1-2-17-8-3-6-15(12-17)13-18-9-5-11-19-10-4-7-16(19)14-18/h15-16H,2-14H2,1H3. The summed E-state index contributed by atoms with van der Waals surface area (Å²) in [4.78, 5) is 8.19. The number of rotatable bonds is 3. The normalized spacial score (nSPS) is 35.2. The second-order valence-electron chi connectivity index (χ2n) is 6.85. The first kappa shape index (κ1) is 13.8. The fraction of sp³-hybridized carbons (Fsp3) is 1.00. The molecule has 0 aromatic heterocycles. The Kier molecular flexibility index (Phi) is 4.78. The van der Waals surface area contributed by atoms with E-state index in [4.69, 9.17) is 0 Å². The highest BCUT2D eigenvalue weighted by atomic mass is 15.3. The predicted octanol–water partition coefficient (Wildman–Crippen LogP) is 1.89. The van der Waals surface area contributed by atoms with Gasteiger partial charge in [0, 0.05) is 25.7 Å². The Labute approximate surface area is 118 Å². The Balaban J connectivity index is 1.51. The maximum Gasteiger partial charge on any atom is 0.0223 e. The molecule has 0 spiro atoms. The number of piperidine rings is 1. The molecule has 0 N–H and O–H groups in total. The Bertz CT molecular complexity index is 281. The molecule has 3 saturated heterocycles. The van der Waals surface area contributed by atoms with Crippen LogP contribution in [0.2, 0.25) is 0 Å². The molecule has 3 rings (SSSR count). The molecule has 3 nitrogen and oxygen atoms in total. The zero-order chi connectivity index (χ0) is 13.1. The van der Waals surface area contributed by atoms with Crippen molar-refractivity contribution in [3.63, 3.8) is 0 Å². The summed E-state index contributed by atoms with van der Waals surface area (Å²) in [5.74, 6) is 0.932. The predicted molar refractivity (Wildman–Crippen MR) is 80.5 cm³/mol. The van der Waals surface area contributed by atoms with Crippen LogP contribution in [0.1, 0.15) is 39.0 Å². The zero-order valence-corrected chi connectivity index (χ0v) is 12.7. The molecule has 2 unspecified atom stereocenters. The van der Waals surface area contributed by atoms with E-state index in [0.717, 1.165) is 12.0 Å². The van der Waals surface area contributed by atoms with Gasteiger partial charge in [0.1, 0.15) is 0 Å². The smallest absolute Gasteiger partial charge is 0.0223 e. The molecule has 3 heterocycles. The van der Waals surface area contributed by atoms with E-state index in [1.54, 1.807) is 0 Å². The van der Waals surface area contributed by atoms with Gasteiger partial charge in [-0.05, 0) is 70.7 Å². The van der Waals surface area contributed by atoms with Gasteiger partial charge in [0.2, 0.25) is 0 Å². The number of likely N-dealkylation sites (tertiary alicyclic amines) is 1. The average Bonchev–Trinajstić information content (AvgIpc) is 2.78. The summed E-state index contributed by atoms with van der Waals surface area (Å²) in [6.07, 6.45) is 7.15. The minimum absolute atomic E-state index is 0.883. The van der Waals surface area contributed by atoms with Crippen LogP contribution in [0.25, 0.3) is 0 Å². The second kappa shape index (κ2) is 6.55. The van der Waals surface area contributed by atoms with Crippen molar-refractivity contribution in [3.05, 3.63) is 0 Å². The van der Waals surface area contributed by atoms with Crippen molar-refractivity contribution in [2.45, 2.75) is 45.1 Å². The Morgan fingerprint density at radius 2 is 1.63 bits per heavy atom. The number of nitrogens with zero attached hydrogens (tertiary/aromatic N) is 3. The van der Waals surface area contributed by atoms with Gasteiger partial charge in [-0.3, -0.25) is 4.90 Å². The molecule has 3 heteroatoms. The van der Waals surface area contributed by atoms with Crippen LogP contribution >= 0.6 is 0 Å². The molecule has 0 bridgehead atoms. The van der Waals surface area contributed by atoms with Crippen LogP contribution in [-0.2, 0) is 0 Å². The summed E-state index contributed by atoms with van der Waals surface area (Å²) in [5.41, 5.74) is 0. The second-order valence-corrected chi connectivity index (χ2v) is 6.85. The maximum atomic E-state index is 2.79. The van der Waals surface area contributed by atoms with Crippen molar-refractivity contribution < 1.29 is 0 Å². The van der Waals surface area contributed by atoms with Crippen LogP contribution in [0.3, 0.4) is 0 Å². The van der Waals surface area contributed by atoms with Crippen LogP contribution in [0, 0.1) is 5.92 Å². The first-order chi connectivity index (χ1) is 9.35. The van der Waals surface area contributed by atoms with Gasteiger partial charge in [-0.1, -0.05) is 6.92 Å². The van der Waals surface area contributed by atoms with E-state index < -0.39 is 0 Å². The van der Waals surface area contributed by atoms with Gasteiger partial charge in [0.15, 0.2) is 0 Å². The van der Waals surface area contributed by atoms with E-state index >= 15 is 0 Å². The Morgan fingerprint density at radius 1 is 0.842 bits per heavy atom. The third kappa shape index (κ3) is 3.50. The topological polar surface area (TPSA) is 9.72 Å². The van der Waals surface area contributed by atoms with Crippen LogP contribution in [0.4, 0.5) is 0 Å². The van der Waals surface area contributed by atoms with E-state index in [9.17, 15) is 0 Å². The summed E-state index contributed by atoms with van der Waals surface area (Å²) in [7, 11) is 0. The number of hydrogen-bond acceptors (Lipinski definition) is 3. The van der Waals surface area contributed by atoms with Crippen LogP contribution < -0.4 is 0 Å². The van der Waals surface area contributed by atoms with Gasteiger partial charge >= 0.3 is 0 Å². The Morgan fingerprint density at radius 3 is 2.53 bits per heavy atom. The lowest BCUT2D eigenvalue weighted by atomic mass is 9.97. The van der Waals surface area contributed by atoms with Crippen molar-refractivity contribution in [3.8, 4) is 0 Å². The van der Waals surface area contributed by atoms with E-state index in [-0.39, 0.29) is 0 Å². The lowest BCUT2D eigenvalue weighted by molar-refractivity contribution is 0.131. The molecule has 0 radical (unpaired) electrons. The molecule has 0 aromatic carbocycles. The average molecular weight is 265 g/mol. The maximum absolute atomic E-state index is 2.79. The lowest BCUT2D eigenvalue weighted by Gasteiger charge is -2.35. The summed E-state index contributed by atoms with van der Waals surface area (Å²) in [6, 6.07) is 0.883. The molecule has 0 aromatic rings. The molecule has 3 aliphatic rings. The minimum atomic E-state index is 0.883. The molecular formula is C16H31N3. The third-order valence-electron chi connectivity index (χ3n) is 5.45. The molecule has 19 heavy (non-hydrogen) atoms. The molecule has 0 aliphatic carbocycles. The van der Waals surface area contributed by atoms with E-state index in [1.807, 2.05) is 0 Å². The van der Waals surface area contributed by atoms with Gasteiger partial charge in [-0.2, -0.15) is 0 Å². The van der Waals surface area contributed by atoms with Crippen molar-refractivity contribution in [1.82, 2.24) is 14.7 Å². The SMILES string of the molecule is CCN1CCCC(CN2CCCN3CCCC3C2)C1. The van der Waals surface area contributed by atoms with Gasteiger partial charge in [-0.25, -0.2) is 0 Å². The molecule has 110 valence electrons. The van der Waals surface area contributed by atoms with Crippen molar-refractivity contribution in [2.24, 2.45) is 5.92 Å². The quantitative estimate of drug-likeness (QED) is 0.771. The highest BCUT2D eigenvalue weighted by Gasteiger charge is 2.30. The van der Waals surface area contributed by atoms with E-state index in [1.165, 1.54) is 84.5 Å². The van der Waals surface area contributed by atoms with Gasteiger partial charge < -0.3 is 9.80 Å². The monoisotopic (exact) mass is 265 g/mol. The zero-order valence-electron chi connectivity index (χ0n) is 12.7. The van der Waals surface area contributed by atoms with E-state index in [0.29, 0.717) is 0 Å². The van der Waals surface area contributed by atoms with Crippen molar-refractivity contribution in [1.29, 1.82) is 0 Å². The number of fused-ring (bicyclic) bond motifs is 1. The molecule has 2 atom stereocenters. The third-order valence-corrected chi connectivity index (χ3v) is 5.45. The fourth-order valence-electron chi connectivity index (χ4n) is 4.40. The van der Waals surface area contributed by atoms with Crippen LogP contribution in [0.15, 0.2) is 0 Å². The summed E-state index contributed by atoms with van der Waals surface area (Å²) in [5, 5.41) is 0. The summed E-state index contributed by atoms with van der Waals surface area (Å²) >= 11 is 0. The van der Waals surface area contributed by atoms with Gasteiger partial charge in [0.05, 0.1) is 0 Å². The van der Waals surface area contributed by atoms with Gasteiger partial charge in [-0.15, -0.1) is 0 Å². The van der Waals surface area contributed by atoms with Crippen LogP contribution in [0.5, 0.6) is 0 Å². The van der Waals surface area contributed by atoms with Gasteiger partial charge in [0.25, 0.3) is 0 Å². The summed E-state index contributed by atoms with van der Waals surface area (Å²) in [6.45, 7) is 13.0. The first-order valence-electron chi connectivity index (χ1n) is 8.54.